The van der Waals surface area contributed by atoms with Crippen molar-refractivity contribution in [3.8, 4) is 0 Å². The highest BCUT2D eigenvalue weighted by atomic mass is 32.2. The van der Waals surface area contributed by atoms with E-state index < -0.39 is 0 Å². The van der Waals surface area contributed by atoms with Crippen LogP contribution in [0.2, 0.25) is 0 Å². The summed E-state index contributed by atoms with van der Waals surface area (Å²) in [7, 11) is 0. The van der Waals surface area contributed by atoms with Crippen LogP contribution in [0.3, 0.4) is 0 Å². The maximum absolute atomic E-state index is 5.68. The van der Waals surface area contributed by atoms with Gasteiger partial charge in [-0.25, -0.2) is 0 Å². The monoisotopic (exact) mass is 308 g/mol. The SMILES string of the molecule is CCCCCCCCCC(CSc1ccc(C)cc1)NN. The van der Waals surface area contributed by atoms with E-state index in [1.165, 1.54) is 61.8 Å². The summed E-state index contributed by atoms with van der Waals surface area (Å²) in [6, 6.07) is 9.15. The van der Waals surface area contributed by atoms with Crippen LogP contribution < -0.4 is 11.3 Å². The lowest BCUT2D eigenvalue weighted by Crippen LogP contribution is -2.36. The summed E-state index contributed by atoms with van der Waals surface area (Å²) in [6.07, 6.45) is 10.7. The highest BCUT2D eigenvalue weighted by molar-refractivity contribution is 7.99. The molecule has 0 aliphatic rings. The molecule has 1 atom stereocenters. The molecule has 120 valence electrons. The molecule has 1 aromatic rings. The van der Waals surface area contributed by atoms with Crippen molar-refractivity contribution in [3.05, 3.63) is 29.8 Å². The van der Waals surface area contributed by atoms with Crippen LogP contribution in [0.25, 0.3) is 0 Å². The van der Waals surface area contributed by atoms with Gasteiger partial charge in [0.15, 0.2) is 0 Å². The number of nitrogens with two attached hydrogens (primary N) is 1. The van der Waals surface area contributed by atoms with Crippen LogP contribution in [0.15, 0.2) is 29.2 Å². The molecule has 3 N–H and O–H groups in total. The highest BCUT2D eigenvalue weighted by Crippen LogP contribution is 2.20. The fourth-order valence-electron chi connectivity index (χ4n) is 2.39. The summed E-state index contributed by atoms with van der Waals surface area (Å²) in [5, 5.41) is 0. The molecule has 1 aromatic carbocycles. The molecule has 1 unspecified atom stereocenters. The second kappa shape index (κ2) is 12.1. The second-order valence-corrected chi connectivity index (χ2v) is 6.99. The minimum atomic E-state index is 0.423. The van der Waals surface area contributed by atoms with Crippen LogP contribution >= 0.6 is 11.8 Å². The van der Waals surface area contributed by atoms with Crippen molar-refractivity contribution in [2.24, 2.45) is 5.84 Å². The van der Waals surface area contributed by atoms with Gasteiger partial charge < -0.3 is 0 Å². The van der Waals surface area contributed by atoms with Gasteiger partial charge in [0, 0.05) is 16.7 Å². The molecule has 0 amide bonds. The zero-order chi connectivity index (χ0) is 15.3. The van der Waals surface area contributed by atoms with Gasteiger partial charge >= 0.3 is 0 Å². The van der Waals surface area contributed by atoms with Gasteiger partial charge in [-0.3, -0.25) is 11.3 Å². The maximum atomic E-state index is 5.68. The Morgan fingerprint density at radius 2 is 1.62 bits per heavy atom. The van der Waals surface area contributed by atoms with Crippen LogP contribution in [0.1, 0.15) is 63.9 Å². The van der Waals surface area contributed by atoms with Crippen molar-refractivity contribution in [1.29, 1.82) is 0 Å². The van der Waals surface area contributed by atoms with Gasteiger partial charge in [0.05, 0.1) is 0 Å². The van der Waals surface area contributed by atoms with Crippen molar-refractivity contribution in [2.75, 3.05) is 5.75 Å². The lowest BCUT2D eigenvalue weighted by molar-refractivity contribution is 0.492. The first-order valence-electron chi connectivity index (χ1n) is 8.42. The van der Waals surface area contributed by atoms with Gasteiger partial charge in [0.2, 0.25) is 0 Å². The van der Waals surface area contributed by atoms with E-state index in [0.717, 1.165) is 5.75 Å². The third-order valence-electron chi connectivity index (χ3n) is 3.86. The number of unbranched alkanes of at least 4 members (excludes halogenated alkanes) is 6. The number of nitrogens with one attached hydrogen (secondary N) is 1. The van der Waals surface area contributed by atoms with Gasteiger partial charge in [-0.15, -0.1) is 11.8 Å². The Morgan fingerprint density at radius 3 is 2.24 bits per heavy atom. The number of hydrogen-bond acceptors (Lipinski definition) is 3. The second-order valence-electron chi connectivity index (χ2n) is 5.90. The minimum Gasteiger partial charge on any atom is -0.271 e. The average Bonchev–Trinajstić information content (AvgIpc) is 2.51. The summed E-state index contributed by atoms with van der Waals surface area (Å²) < 4.78 is 0. The minimum absolute atomic E-state index is 0.423. The maximum Gasteiger partial charge on any atom is 0.0304 e. The van der Waals surface area contributed by atoms with Crippen LogP contribution in [0, 0.1) is 6.92 Å². The Balaban J connectivity index is 2.09. The normalized spacial score (nSPS) is 12.5. The van der Waals surface area contributed by atoms with Gasteiger partial charge in [-0.05, 0) is 25.5 Å². The lowest BCUT2D eigenvalue weighted by Gasteiger charge is -2.15. The fourth-order valence-corrected chi connectivity index (χ4v) is 3.38. The van der Waals surface area contributed by atoms with E-state index in [-0.39, 0.29) is 0 Å². The quantitative estimate of drug-likeness (QED) is 0.245. The average molecular weight is 309 g/mol. The molecular weight excluding hydrogens is 276 g/mol. The number of rotatable bonds is 12. The Hall–Kier alpha value is -0.510. The summed E-state index contributed by atoms with van der Waals surface area (Å²) >= 11 is 1.89. The van der Waals surface area contributed by atoms with E-state index in [2.05, 4.69) is 43.5 Å². The van der Waals surface area contributed by atoms with E-state index in [0.29, 0.717) is 6.04 Å². The van der Waals surface area contributed by atoms with Gasteiger partial charge in [-0.2, -0.15) is 0 Å². The molecule has 0 aliphatic heterocycles. The molecule has 21 heavy (non-hydrogen) atoms. The smallest absolute Gasteiger partial charge is 0.0304 e. The number of thioether (sulfide) groups is 1. The number of hydrogen-bond donors (Lipinski definition) is 2. The van der Waals surface area contributed by atoms with Crippen LogP contribution in [-0.4, -0.2) is 11.8 Å². The molecular formula is C18H32N2S. The van der Waals surface area contributed by atoms with E-state index in [1.807, 2.05) is 11.8 Å². The first-order valence-corrected chi connectivity index (χ1v) is 9.40. The summed E-state index contributed by atoms with van der Waals surface area (Å²) in [5.41, 5.74) is 4.29. The Kier molecular flexibility index (Phi) is 10.7. The van der Waals surface area contributed by atoms with Crippen molar-refractivity contribution < 1.29 is 0 Å². The largest absolute Gasteiger partial charge is 0.271 e. The summed E-state index contributed by atoms with van der Waals surface area (Å²) in [4.78, 5) is 1.33. The molecule has 0 saturated heterocycles. The van der Waals surface area contributed by atoms with Gasteiger partial charge in [0.1, 0.15) is 0 Å². The fraction of sp³-hybridized carbons (Fsp3) is 0.667. The number of benzene rings is 1. The molecule has 0 heterocycles. The van der Waals surface area contributed by atoms with E-state index >= 15 is 0 Å². The first-order chi connectivity index (χ1) is 10.3. The molecule has 0 saturated carbocycles. The standard InChI is InChI=1S/C18H32N2S/c1-3-4-5-6-7-8-9-10-17(20-19)15-21-18-13-11-16(2)12-14-18/h11-14,17,20H,3-10,15,19H2,1-2H3. The molecule has 0 fully saturated rings. The number of hydrazine groups is 1. The lowest BCUT2D eigenvalue weighted by atomic mass is 10.1. The Labute approximate surface area is 135 Å². The van der Waals surface area contributed by atoms with Crippen molar-refractivity contribution in [1.82, 2.24) is 5.43 Å². The van der Waals surface area contributed by atoms with Crippen LogP contribution in [0.5, 0.6) is 0 Å². The Bertz CT molecular complexity index is 351. The van der Waals surface area contributed by atoms with Crippen LogP contribution in [-0.2, 0) is 0 Å². The van der Waals surface area contributed by atoms with E-state index in [1.54, 1.807) is 0 Å². The van der Waals surface area contributed by atoms with Crippen molar-refractivity contribution in [3.63, 3.8) is 0 Å². The molecule has 1 rings (SSSR count). The van der Waals surface area contributed by atoms with Crippen molar-refractivity contribution >= 4 is 11.8 Å². The molecule has 0 spiro atoms. The molecule has 0 bridgehead atoms. The summed E-state index contributed by atoms with van der Waals surface area (Å²) in [6.45, 7) is 4.39. The predicted octanol–water partition coefficient (Wildman–Crippen LogP) is 5.06. The molecule has 0 aromatic heterocycles. The summed E-state index contributed by atoms with van der Waals surface area (Å²) in [5.74, 6) is 6.73. The van der Waals surface area contributed by atoms with Gasteiger partial charge in [-0.1, -0.05) is 69.6 Å². The topological polar surface area (TPSA) is 38.0 Å². The van der Waals surface area contributed by atoms with Gasteiger partial charge in [0.25, 0.3) is 0 Å². The third-order valence-corrected chi connectivity index (χ3v) is 5.04. The Morgan fingerprint density at radius 1 is 1.00 bits per heavy atom. The zero-order valence-electron chi connectivity index (χ0n) is 13.7. The molecule has 0 aliphatic carbocycles. The molecule has 3 heteroatoms. The van der Waals surface area contributed by atoms with Crippen LogP contribution in [0.4, 0.5) is 0 Å². The number of aryl methyl sites for hydroxylation is 1. The van der Waals surface area contributed by atoms with Crippen molar-refractivity contribution in [2.45, 2.75) is 76.2 Å². The highest BCUT2D eigenvalue weighted by Gasteiger charge is 2.07. The zero-order valence-corrected chi connectivity index (χ0v) is 14.6. The first kappa shape index (κ1) is 18.5. The van der Waals surface area contributed by atoms with E-state index in [4.69, 9.17) is 5.84 Å². The molecule has 0 radical (unpaired) electrons. The third kappa shape index (κ3) is 9.18. The predicted molar refractivity (Wildman–Crippen MR) is 95.6 cm³/mol. The van der Waals surface area contributed by atoms with E-state index in [9.17, 15) is 0 Å². The molecule has 2 nitrogen and oxygen atoms in total.